The van der Waals surface area contributed by atoms with Crippen LogP contribution >= 0.6 is 0 Å². The van der Waals surface area contributed by atoms with Gasteiger partial charge in [0, 0.05) is 6.54 Å². The van der Waals surface area contributed by atoms with Gasteiger partial charge in [-0.05, 0) is 37.4 Å². The van der Waals surface area contributed by atoms with Crippen molar-refractivity contribution in [2.24, 2.45) is 5.92 Å². The van der Waals surface area contributed by atoms with Crippen molar-refractivity contribution in [1.29, 1.82) is 0 Å². The zero-order chi connectivity index (χ0) is 12.5. The first kappa shape index (κ1) is 11.5. The molecular formula is C14H18N2O2. The highest BCUT2D eigenvalue weighted by Gasteiger charge is 2.40. The molecule has 4 nitrogen and oxygen atoms in total. The maximum atomic E-state index is 12.0. The van der Waals surface area contributed by atoms with Gasteiger partial charge in [-0.2, -0.15) is 0 Å². The normalized spacial score (nSPS) is 27.6. The van der Waals surface area contributed by atoms with Gasteiger partial charge in [-0.3, -0.25) is 4.90 Å². The van der Waals surface area contributed by atoms with Crippen molar-refractivity contribution < 1.29 is 9.53 Å². The monoisotopic (exact) mass is 246 g/mol. The second-order valence-corrected chi connectivity index (χ2v) is 5.05. The first-order valence-corrected chi connectivity index (χ1v) is 6.49. The molecule has 2 unspecified atom stereocenters. The number of carbonyl (C=O) groups is 1. The van der Waals surface area contributed by atoms with E-state index >= 15 is 0 Å². The lowest BCUT2D eigenvalue weighted by atomic mass is 9.98. The number of hydrogen-bond acceptors (Lipinski definition) is 3. The Bertz CT molecular complexity index is 455. The molecule has 0 radical (unpaired) electrons. The third-order valence-corrected chi connectivity index (χ3v) is 3.92. The minimum absolute atomic E-state index is 0.175. The molecule has 1 N–H and O–H groups in total. The van der Waals surface area contributed by atoms with Crippen LogP contribution in [0.15, 0.2) is 24.3 Å². The van der Waals surface area contributed by atoms with Gasteiger partial charge in [0.15, 0.2) is 0 Å². The molecule has 0 spiro atoms. The zero-order valence-electron chi connectivity index (χ0n) is 10.6. The maximum Gasteiger partial charge on any atom is 0.414 e. The van der Waals surface area contributed by atoms with Gasteiger partial charge in [0.25, 0.3) is 0 Å². The number of rotatable bonds is 2. The molecule has 3 rings (SSSR count). The van der Waals surface area contributed by atoms with Crippen LogP contribution in [0.4, 0.5) is 10.5 Å². The van der Waals surface area contributed by atoms with Gasteiger partial charge in [0.1, 0.15) is 6.61 Å². The molecule has 2 aliphatic rings. The lowest BCUT2D eigenvalue weighted by Crippen LogP contribution is -2.40. The van der Waals surface area contributed by atoms with Crippen molar-refractivity contribution in [3.8, 4) is 0 Å². The largest absolute Gasteiger partial charge is 0.447 e. The molecule has 0 aromatic heterocycles. The Morgan fingerprint density at radius 1 is 1.39 bits per heavy atom. The summed E-state index contributed by atoms with van der Waals surface area (Å²) in [4.78, 5) is 13.8. The summed E-state index contributed by atoms with van der Waals surface area (Å²) in [5.41, 5.74) is 2.10. The molecule has 18 heavy (non-hydrogen) atoms. The average molecular weight is 246 g/mol. The molecule has 2 fully saturated rings. The predicted octanol–water partition coefficient (Wildman–Crippen LogP) is 1.93. The number of cyclic esters (lactones) is 1. The number of anilines is 1. The van der Waals surface area contributed by atoms with Gasteiger partial charge < -0.3 is 10.1 Å². The van der Waals surface area contributed by atoms with Crippen LogP contribution in [0.3, 0.4) is 0 Å². The van der Waals surface area contributed by atoms with E-state index in [4.69, 9.17) is 4.74 Å². The van der Waals surface area contributed by atoms with Crippen molar-refractivity contribution >= 4 is 11.8 Å². The summed E-state index contributed by atoms with van der Waals surface area (Å²) in [5, 5.41) is 3.36. The Labute approximate surface area is 107 Å². The summed E-state index contributed by atoms with van der Waals surface area (Å²) in [6, 6.07) is 8.17. The first-order chi connectivity index (χ1) is 8.77. The zero-order valence-corrected chi connectivity index (χ0v) is 10.6. The summed E-state index contributed by atoms with van der Waals surface area (Å²) < 4.78 is 5.26. The SMILES string of the molecule is Cc1ccccc1N1C(=O)OCC1C1CCNC1. The maximum absolute atomic E-state index is 12.0. The van der Waals surface area contributed by atoms with E-state index in [-0.39, 0.29) is 12.1 Å². The summed E-state index contributed by atoms with van der Waals surface area (Å²) in [5.74, 6) is 0.496. The van der Waals surface area contributed by atoms with Crippen LogP contribution < -0.4 is 10.2 Å². The highest BCUT2D eigenvalue weighted by atomic mass is 16.6. The molecule has 0 aliphatic carbocycles. The van der Waals surface area contributed by atoms with E-state index in [2.05, 4.69) is 5.32 Å². The fourth-order valence-corrected chi connectivity index (χ4v) is 2.90. The summed E-state index contributed by atoms with van der Waals surface area (Å²) in [6.45, 7) is 4.56. The van der Waals surface area contributed by atoms with Gasteiger partial charge >= 0.3 is 6.09 Å². The van der Waals surface area contributed by atoms with Gasteiger partial charge in [0.05, 0.1) is 11.7 Å². The van der Waals surface area contributed by atoms with E-state index in [0.29, 0.717) is 12.5 Å². The molecule has 96 valence electrons. The number of carbonyl (C=O) groups excluding carboxylic acids is 1. The molecule has 1 aromatic carbocycles. The van der Waals surface area contributed by atoms with Crippen LogP contribution in [-0.4, -0.2) is 31.8 Å². The van der Waals surface area contributed by atoms with Gasteiger partial charge in [-0.15, -0.1) is 0 Å². The lowest BCUT2D eigenvalue weighted by Gasteiger charge is -2.27. The minimum atomic E-state index is -0.207. The van der Waals surface area contributed by atoms with Crippen molar-refractivity contribution in [3.63, 3.8) is 0 Å². The van der Waals surface area contributed by atoms with Crippen LogP contribution in [0.1, 0.15) is 12.0 Å². The van der Waals surface area contributed by atoms with Crippen LogP contribution in [0, 0.1) is 12.8 Å². The average Bonchev–Trinajstić information content (AvgIpc) is 2.99. The highest BCUT2D eigenvalue weighted by Crippen LogP contribution is 2.31. The Kier molecular flexibility index (Phi) is 2.96. The van der Waals surface area contributed by atoms with Gasteiger partial charge in [0.2, 0.25) is 0 Å². The third-order valence-electron chi connectivity index (χ3n) is 3.92. The lowest BCUT2D eigenvalue weighted by molar-refractivity contribution is 0.176. The van der Waals surface area contributed by atoms with Gasteiger partial charge in [-0.1, -0.05) is 18.2 Å². The van der Waals surface area contributed by atoms with E-state index in [0.717, 1.165) is 30.8 Å². The van der Waals surface area contributed by atoms with Crippen molar-refractivity contribution in [1.82, 2.24) is 5.32 Å². The standard InChI is InChI=1S/C14H18N2O2/c1-10-4-2-3-5-12(10)16-13(9-18-14(16)17)11-6-7-15-8-11/h2-5,11,13,15H,6-9H2,1H3. The Hall–Kier alpha value is -1.55. The van der Waals surface area contributed by atoms with Crippen molar-refractivity contribution in [3.05, 3.63) is 29.8 Å². The highest BCUT2D eigenvalue weighted by molar-refractivity contribution is 5.91. The van der Waals surface area contributed by atoms with E-state index in [1.807, 2.05) is 36.1 Å². The topological polar surface area (TPSA) is 41.6 Å². The molecule has 0 saturated carbocycles. The molecular weight excluding hydrogens is 228 g/mol. The van der Waals surface area contributed by atoms with Crippen LogP contribution in [0.25, 0.3) is 0 Å². The van der Waals surface area contributed by atoms with E-state index < -0.39 is 0 Å². The Balaban J connectivity index is 1.92. The number of aryl methyl sites for hydroxylation is 1. The molecule has 2 aliphatic heterocycles. The first-order valence-electron chi connectivity index (χ1n) is 6.49. The molecule has 2 atom stereocenters. The van der Waals surface area contributed by atoms with Crippen molar-refractivity contribution in [2.45, 2.75) is 19.4 Å². The van der Waals surface area contributed by atoms with Crippen LogP contribution in [-0.2, 0) is 4.74 Å². The molecule has 0 bridgehead atoms. The minimum Gasteiger partial charge on any atom is -0.447 e. The van der Waals surface area contributed by atoms with E-state index in [1.54, 1.807) is 0 Å². The molecule has 4 heteroatoms. The number of para-hydroxylation sites is 1. The van der Waals surface area contributed by atoms with E-state index in [1.165, 1.54) is 0 Å². The van der Waals surface area contributed by atoms with Gasteiger partial charge in [-0.25, -0.2) is 4.79 Å². The van der Waals surface area contributed by atoms with Crippen molar-refractivity contribution in [2.75, 3.05) is 24.6 Å². The Morgan fingerprint density at radius 3 is 2.94 bits per heavy atom. The number of benzene rings is 1. The molecule has 2 heterocycles. The number of hydrogen-bond donors (Lipinski definition) is 1. The summed E-state index contributed by atoms with van der Waals surface area (Å²) in [7, 11) is 0. The van der Waals surface area contributed by atoms with Crippen LogP contribution in [0.2, 0.25) is 0 Å². The fraction of sp³-hybridized carbons (Fsp3) is 0.500. The number of ether oxygens (including phenoxy) is 1. The molecule has 2 saturated heterocycles. The number of amides is 1. The summed E-state index contributed by atoms with van der Waals surface area (Å²) in [6.07, 6.45) is 0.908. The second kappa shape index (κ2) is 4.61. The fourth-order valence-electron chi connectivity index (χ4n) is 2.90. The Morgan fingerprint density at radius 2 is 2.22 bits per heavy atom. The quantitative estimate of drug-likeness (QED) is 0.867. The number of nitrogens with one attached hydrogen (secondary N) is 1. The predicted molar refractivity (Wildman–Crippen MR) is 69.8 cm³/mol. The smallest absolute Gasteiger partial charge is 0.414 e. The summed E-state index contributed by atoms with van der Waals surface area (Å²) >= 11 is 0. The van der Waals surface area contributed by atoms with E-state index in [9.17, 15) is 4.79 Å². The number of nitrogens with zero attached hydrogens (tertiary/aromatic N) is 1. The second-order valence-electron chi connectivity index (χ2n) is 5.05. The molecule has 1 amide bonds. The molecule has 1 aromatic rings. The van der Waals surface area contributed by atoms with Crippen LogP contribution in [0.5, 0.6) is 0 Å². The third kappa shape index (κ3) is 1.86.